The summed E-state index contributed by atoms with van der Waals surface area (Å²) in [4.78, 5) is 17.8. The lowest BCUT2D eigenvalue weighted by atomic mass is 9.80. The van der Waals surface area contributed by atoms with Crippen molar-refractivity contribution in [2.24, 2.45) is 11.7 Å². The fourth-order valence-electron chi connectivity index (χ4n) is 5.61. The molecule has 3 aromatic rings. The third-order valence-corrected chi connectivity index (χ3v) is 7.68. The summed E-state index contributed by atoms with van der Waals surface area (Å²) in [5.74, 6) is 0.817. The fourth-order valence-corrected chi connectivity index (χ4v) is 5.61. The molecular weight excluding hydrogens is 434 g/mol. The molecular formula is C29H39N5O. The number of benzene rings is 1. The molecule has 0 atom stereocenters. The van der Waals surface area contributed by atoms with E-state index in [-0.39, 0.29) is 6.03 Å². The van der Waals surface area contributed by atoms with Crippen molar-refractivity contribution in [2.75, 3.05) is 13.1 Å². The molecule has 1 saturated heterocycles. The van der Waals surface area contributed by atoms with Gasteiger partial charge in [-0.25, -0.2) is 14.3 Å². The topological polar surface area (TPSA) is 76.5 Å². The van der Waals surface area contributed by atoms with Crippen LogP contribution >= 0.6 is 0 Å². The maximum Gasteiger partial charge on any atom is 0.314 e. The van der Waals surface area contributed by atoms with Gasteiger partial charge in [0.15, 0.2) is 5.65 Å². The maximum atomic E-state index is 11.6. The number of carbonyl (C=O) groups excluding carboxylic acids is 1. The number of aromatic nitrogens is 3. The first-order chi connectivity index (χ1) is 16.7. The predicted molar refractivity (Wildman–Crippen MR) is 143 cm³/mol. The van der Waals surface area contributed by atoms with Crippen molar-refractivity contribution in [1.82, 2.24) is 19.5 Å². The summed E-state index contributed by atoms with van der Waals surface area (Å²) in [5.41, 5.74) is 17.0. The number of aryl methyl sites for hydroxylation is 2. The van der Waals surface area contributed by atoms with E-state index in [4.69, 9.17) is 5.73 Å². The fraction of sp³-hybridized carbons (Fsp3) is 0.483. The Morgan fingerprint density at radius 1 is 1.11 bits per heavy atom. The predicted octanol–water partition coefficient (Wildman–Crippen LogP) is 6.28. The van der Waals surface area contributed by atoms with Crippen LogP contribution in [-0.2, 0) is 0 Å². The highest BCUT2D eigenvalue weighted by molar-refractivity contribution is 5.93. The van der Waals surface area contributed by atoms with Crippen molar-refractivity contribution in [1.29, 1.82) is 0 Å². The van der Waals surface area contributed by atoms with E-state index in [1.54, 1.807) is 11.2 Å². The lowest BCUT2D eigenvalue weighted by molar-refractivity contribution is 0.190. The number of nitrogens with two attached hydrogens (primary N) is 1. The summed E-state index contributed by atoms with van der Waals surface area (Å²) in [7, 11) is 0. The van der Waals surface area contributed by atoms with Gasteiger partial charge in [0.1, 0.15) is 6.33 Å². The van der Waals surface area contributed by atoms with E-state index in [0.717, 1.165) is 44.4 Å². The molecule has 35 heavy (non-hydrogen) atoms. The Hall–Kier alpha value is -3.15. The van der Waals surface area contributed by atoms with Crippen LogP contribution in [0.4, 0.5) is 4.79 Å². The zero-order valence-electron chi connectivity index (χ0n) is 22.1. The van der Waals surface area contributed by atoms with E-state index >= 15 is 0 Å². The summed E-state index contributed by atoms with van der Waals surface area (Å²) >= 11 is 0. The number of carbonyl (C=O) groups is 1. The molecule has 6 heteroatoms. The number of urea groups is 1. The Morgan fingerprint density at radius 2 is 1.83 bits per heavy atom. The van der Waals surface area contributed by atoms with Gasteiger partial charge >= 0.3 is 6.03 Å². The van der Waals surface area contributed by atoms with Crippen molar-refractivity contribution >= 4 is 22.8 Å². The van der Waals surface area contributed by atoms with E-state index in [1.165, 1.54) is 44.5 Å². The minimum Gasteiger partial charge on any atom is -0.351 e. The summed E-state index contributed by atoms with van der Waals surface area (Å²) < 4.78 is 1.92. The number of piperidine rings is 1. The Morgan fingerprint density at radius 3 is 2.46 bits per heavy atom. The molecule has 1 aliphatic heterocycles. The molecule has 1 aromatic carbocycles. The van der Waals surface area contributed by atoms with E-state index in [1.807, 2.05) is 4.52 Å². The van der Waals surface area contributed by atoms with Crippen molar-refractivity contribution in [3.05, 3.63) is 64.1 Å². The molecule has 0 bridgehead atoms. The molecule has 3 heterocycles. The van der Waals surface area contributed by atoms with Crippen LogP contribution < -0.4 is 5.73 Å². The van der Waals surface area contributed by atoms with E-state index in [2.05, 4.69) is 76.0 Å². The van der Waals surface area contributed by atoms with Gasteiger partial charge in [-0.1, -0.05) is 45.4 Å². The molecule has 0 unspecified atom stereocenters. The Kier molecular flexibility index (Phi) is 7.29. The number of amides is 2. The normalized spacial score (nSPS) is 15.7. The molecule has 6 nitrogen and oxygen atoms in total. The largest absolute Gasteiger partial charge is 0.351 e. The van der Waals surface area contributed by atoms with Gasteiger partial charge in [0.2, 0.25) is 0 Å². The standard InChI is InChI=1S/C29H39N5O/c1-7-8-24(26-16-34-28(31-17-32-34)21(6)20(26)5)27(18(2)3)25-15-23(10-9-19(25)4)22-11-13-33(14-12-22)29(30)35/h9-10,15-18,22H,7-8,11-14H2,1-6H3,(H2,30,35)/b27-24+. The van der Waals surface area contributed by atoms with Gasteiger partial charge in [-0.2, -0.15) is 5.10 Å². The number of nitrogens with zero attached hydrogens (tertiary/aromatic N) is 4. The molecule has 1 aliphatic rings. The third-order valence-electron chi connectivity index (χ3n) is 7.68. The number of allylic oxidation sites excluding steroid dienone is 2. The van der Waals surface area contributed by atoms with Crippen LogP contribution in [0.5, 0.6) is 0 Å². The van der Waals surface area contributed by atoms with Gasteiger partial charge in [-0.05, 0) is 96.4 Å². The van der Waals surface area contributed by atoms with Crippen LogP contribution in [0.25, 0.3) is 16.8 Å². The Labute approximate surface area is 209 Å². The second kappa shape index (κ2) is 10.2. The van der Waals surface area contributed by atoms with Crippen LogP contribution in [0.15, 0.2) is 30.7 Å². The third kappa shape index (κ3) is 4.84. The van der Waals surface area contributed by atoms with E-state index < -0.39 is 0 Å². The number of pyridine rings is 1. The van der Waals surface area contributed by atoms with E-state index in [9.17, 15) is 4.79 Å². The number of rotatable bonds is 6. The van der Waals surface area contributed by atoms with Gasteiger partial charge in [-0.15, -0.1) is 0 Å². The number of likely N-dealkylation sites (tertiary alicyclic amines) is 1. The van der Waals surface area contributed by atoms with Crippen molar-refractivity contribution in [2.45, 2.75) is 73.1 Å². The lowest BCUT2D eigenvalue weighted by Crippen LogP contribution is -2.41. The van der Waals surface area contributed by atoms with Crippen LogP contribution in [0, 0.1) is 26.7 Å². The lowest BCUT2D eigenvalue weighted by Gasteiger charge is -2.31. The minimum absolute atomic E-state index is 0.308. The van der Waals surface area contributed by atoms with E-state index in [0.29, 0.717) is 11.8 Å². The average Bonchev–Trinajstić information content (AvgIpc) is 3.31. The molecule has 0 radical (unpaired) electrons. The first-order valence-electron chi connectivity index (χ1n) is 12.9. The molecule has 2 N–H and O–H groups in total. The highest BCUT2D eigenvalue weighted by Crippen LogP contribution is 2.40. The monoisotopic (exact) mass is 473 g/mol. The van der Waals surface area contributed by atoms with Crippen LogP contribution in [0.3, 0.4) is 0 Å². The van der Waals surface area contributed by atoms with Gasteiger partial charge in [0.25, 0.3) is 0 Å². The molecule has 186 valence electrons. The summed E-state index contributed by atoms with van der Waals surface area (Å²) in [6.45, 7) is 14.9. The SMILES string of the molecule is CCC/C(=C(\c1cc(C2CCN(C(N)=O)CC2)ccc1C)C(C)C)c1cn2ncnc2c(C)c1C. The van der Waals surface area contributed by atoms with Crippen LogP contribution in [-0.4, -0.2) is 38.6 Å². The smallest absolute Gasteiger partial charge is 0.314 e. The number of fused-ring (bicyclic) bond motifs is 1. The van der Waals surface area contributed by atoms with Crippen molar-refractivity contribution in [3.8, 4) is 0 Å². The van der Waals surface area contributed by atoms with Crippen molar-refractivity contribution in [3.63, 3.8) is 0 Å². The molecule has 0 saturated carbocycles. The number of primary amides is 1. The molecule has 2 aromatic heterocycles. The second-order valence-corrected chi connectivity index (χ2v) is 10.3. The second-order valence-electron chi connectivity index (χ2n) is 10.3. The van der Waals surface area contributed by atoms with Crippen molar-refractivity contribution < 1.29 is 4.79 Å². The zero-order valence-corrected chi connectivity index (χ0v) is 22.1. The van der Waals surface area contributed by atoms with Crippen LogP contribution in [0.1, 0.15) is 85.8 Å². The molecule has 0 aliphatic carbocycles. The van der Waals surface area contributed by atoms with Gasteiger partial charge in [-0.3, -0.25) is 0 Å². The molecule has 4 rings (SSSR count). The van der Waals surface area contributed by atoms with Gasteiger partial charge in [0.05, 0.1) is 0 Å². The summed E-state index contributed by atoms with van der Waals surface area (Å²) in [5, 5.41) is 4.46. The first-order valence-corrected chi connectivity index (χ1v) is 12.9. The Bertz CT molecular complexity index is 1260. The van der Waals surface area contributed by atoms with Gasteiger partial charge in [0, 0.05) is 19.3 Å². The average molecular weight is 474 g/mol. The summed E-state index contributed by atoms with van der Waals surface area (Å²) in [6.07, 6.45) is 7.79. The molecule has 2 amide bonds. The quantitative estimate of drug-likeness (QED) is 0.458. The van der Waals surface area contributed by atoms with Gasteiger partial charge < -0.3 is 10.6 Å². The zero-order chi connectivity index (χ0) is 25.3. The first kappa shape index (κ1) is 25.0. The molecule has 1 fully saturated rings. The Balaban J connectivity index is 1.85. The highest BCUT2D eigenvalue weighted by Gasteiger charge is 2.25. The molecule has 0 spiro atoms. The number of hydrogen-bond donors (Lipinski definition) is 1. The summed E-state index contributed by atoms with van der Waals surface area (Å²) in [6, 6.07) is 6.66. The highest BCUT2D eigenvalue weighted by atomic mass is 16.2. The maximum absolute atomic E-state index is 11.6. The number of hydrogen-bond acceptors (Lipinski definition) is 3. The van der Waals surface area contributed by atoms with Crippen LogP contribution in [0.2, 0.25) is 0 Å². The minimum atomic E-state index is -0.308.